The van der Waals surface area contributed by atoms with E-state index in [0.717, 1.165) is 6.42 Å². The molecule has 0 unspecified atom stereocenters. The number of carbonyl (C=O) groups excluding carboxylic acids is 1. The highest BCUT2D eigenvalue weighted by Gasteiger charge is 2.12. The standard InChI is InChI=1S/C18H21NO4/c1-4-9-23-17-8-6-5-7-16(17)19-18(20)13-10-14(21-2)12-15(11-13)22-3/h5-8,10-12H,4,9H2,1-3H3,(H,19,20). The Bertz CT molecular complexity index is 648. The van der Waals surface area contributed by atoms with Crippen LogP contribution in [0.3, 0.4) is 0 Å². The van der Waals surface area contributed by atoms with E-state index in [-0.39, 0.29) is 5.91 Å². The Kier molecular flexibility index (Phi) is 5.86. The van der Waals surface area contributed by atoms with E-state index in [0.29, 0.717) is 35.1 Å². The molecule has 0 aliphatic heterocycles. The smallest absolute Gasteiger partial charge is 0.256 e. The van der Waals surface area contributed by atoms with Gasteiger partial charge in [-0.1, -0.05) is 19.1 Å². The molecule has 5 heteroatoms. The van der Waals surface area contributed by atoms with Crippen molar-refractivity contribution >= 4 is 11.6 Å². The number of rotatable bonds is 7. The number of amides is 1. The lowest BCUT2D eigenvalue weighted by Gasteiger charge is -2.13. The molecule has 0 fully saturated rings. The van der Waals surface area contributed by atoms with Crippen LogP contribution in [-0.2, 0) is 0 Å². The molecule has 1 amide bonds. The largest absolute Gasteiger partial charge is 0.497 e. The molecule has 0 aromatic heterocycles. The van der Waals surface area contributed by atoms with Gasteiger partial charge in [-0.15, -0.1) is 0 Å². The summed E-state index contributed by atoms with van der Waals surface area (Å²) in [6.45, 7) is 2.63. The van der Waals surface area contributed by atoms with Crippen LogP contribution in [0.25, 0.3) is 0 Å². The summed E-state index contributed by atoms with van der Waals surface area (Å²) >= 11 is 0. The lowest BCUT2D eigenvalue weighted by Crippen LogP contribution is -2.13. The van der Waals surface area contributed by atoms with Gasteiger partial charge in [-0.3, -0.25) is 4.79 Å². The summed E-state index contributed by atoms with van der Waals surface area (Å²) < 4.78 is 16.0. The van der Waals surface area contributed by atoms with Crippen LogP contribution in [0.4, 0.5) is 5.69 Å². The minimum Gasteiger partial charge on any atom is -0.497 e. The summed E-state index contributed by atoms with van der Waals surface area (Å²) in [6, 6.07) is 12.4. The molecule has 2 rings (SSSR count). The number of anilines is 1. The zero-order valence-corrected chi connectivity index (χ0v) is 13.6. The topological polar surface area (TPSA) is 56.8 Å². The van der Waals surface area contributed by atoms with Crippen molar-refractivity contribution in [2.24, 2.45) is 0 Å². The fraction of sp³-hybridized carbons (Fsp3) is 0.278. The highest BCUT2D eigenvalue weighted by molar-refractivity contribution is 6.05. The van der Waals surface area contributed by atoms with E-state index in [1.807, 2.05) is 25.1 Å². The van der Waals surface area contributed by atoms with Gasteiger partial charge in [0.15, 0.2) is 0 Å². The van der Waals surface area contributed by atoms with Crippen molar-refractivity contribution in [2.45, 2.75) is 13.3 Å². The average Bonchev–Trinajstić information content (AvgIpc) is 2.60. The highest BCUT2D eigenvalue weighted by atomic mass is 16.5. The van der Waals surface area contributed by atoms with Crippen molar-refractivity contribution in [3.63, 3.8) is 0 Å². The van der Waals surface area contributed by atoms with Gasteiger partial charge in [0.1, 0.15) is 17.2 Å². The Morgan fingerprint density at radius 1 is 1.04 bits per heavy atom. The number of para-hydroxylation sites is 2. The van der Waals surface area contributed by atoms with Crippen LogP contribution in [0.1, 0.15) is 23.7 Å². The highest BCUT2D eigenvalue weighted by Crippen LogP contribution is 2.26. The molecular formula is C18H21NO4. The number of benzene rings is 2. The minimum atomic E-state index is -0.255. The normalized spacial score (nSPS) is 10.0. The third kappa shape index (κ3) is 4.39. The summed E-state index contributed by atoms with van der Waals surface area (Å²) in [6.07, 6.45) is 0.898. The quantitative estimate of drug-likeness (QED) is 0.845. The first-order valence-corrected chi connectivity index (χ1v) is 7.44. The predicted molar refractivity (Wildman–Crippen MR) is 89.7 cm³/mol. The van der Waals surface area contributed by atoms with Crippen LogP contribution in [-0.4, -0.2) is 26.7 Å². The zero-order valence-electron chi connectivity index (χ0n) is 13.6. The minimum absolute atomic E-state index is 0.255. The van der Waals surface area contributed by atoms with Crippen molar-refractivity contribution in [1.29, 1.82) is 0 Å². The molecule has 0 saturated carbocycles. The van der Waals surface area contributed by atoms with E-state index in [9.17, 15) is 4.79 Å². The molecule has 2 aromatic rings. The third-order valence-corrected chi connectivity index (χ3v) is 3.21. The van der Waals surface area contributed by atoms with Gasteiger partial charge < -0.3 is 19.5 Å². The predicted octanol–water partition coefficient (Wildman–Crippen LogP) is 3.74. The fourth-order valence-electron chi connectivity index (χ4n) is 2.04. The van der Waals surface area contributed by atoms with Crippen LogP contribution in [0.5, 0.6) is 17.2 Å². The second kappa shape index (κ2) is 8.08. The number of hydrogen-bond acceptors (Lipinski definition) is 4. The van der Waals surface area contributed by atoms with Gasteiger partial charge in [0.2, 0.25) is 0 Å². The van der Waals surface area contributed by atoms with Crippen LogP contribution in [0.2, 0.25) is 0 Å². The van der Waals surface area contributed by atoms with Crippen LogP contribution < -0.4 is 19.5 Å². The second-order valence-electron chi connectivity index (χ2n) is 4.90. The Morgan fingerprint density at radius 3 is 2.30 bits per heavy atom. The maximum atomic E-state index is 12.5. The fourth-order valence-corrected chi connectivity index (χ4v) is 2.04. The molecule has 0 radical (unpaired) electrons. The number of nitrogens with one attached hydrogen (secondary N) is 1. The van der Waals surface area contributed by atoms with Crippen molar-refractivity contribution in [1.82, 2.24) is 0 Å². The zero-order chi connectivity index (χ0) is 16.7. The summed E-state index contributed by atoms with van der Waals surface area (Å²) in [5.74, 6) is 1.52. The van der Waals surface area contributed by atoms with Gasteiger partial charge in [-0.2, -0.15) is 0 Å². The first kappa shape index (κ1) is 16.7. The van der Waals surface area contributed by atoms with Crippen molar-refractivity contribution in [3.05, 3.63) is 48.0 Å². The second-order valence-corrected chi connectivity index (χ2v) is 4.90. The lowest BCUT2D eigenvalue weighted by atomic mass is 10.1. The van der Waals surface area contributed by atoms with Crippen molar-refractivity contribution < 1.29 is 19.0 Å². The SMILES string of the molecule is CCCOc1ccccc1NC(=O)c1cc(OC)cc(OC)c1. The Labute approximate surface area is 136 Å². The molecule has 5 nitrogen and oxygen atoms in total. The average molecular weight is 315 g/mol. The molecule has 0 saturated heterocycles. The Balaban J connectivity index is 2.22. The van der Waals surface area contributed by atoms with E-state index < -0.39 is 0 Å². The van der Waals surface area contributed by atoms with Crippen LogP contribution in [0, 0.1) is 0 Å². The Morgan fingerprint density at radius 2 is 1.70 bits per heavy atom. The first-order valence-electron chi connectivity index (χ1n) is 7.44. The third-order valence-electron chi connectivity index (χ3n) is 3.21. The van der Waals surface area contributed by atoms with Gasteiger partial charge in [0.25, 0.3) is 5.91 Å². The first-order chi connectivity index (χ1) is 11.2. The number of ether oxygens (including phenoxy) is 3. The Hall–Kier alpha value is -2.69. The van der Waals surface area contributed by atoms with Crippen molar-refractivity contribution in [2.75, 3.05) is 26.1 Å². The van der Waals surface area contributed by atoms with Gasteiger partial charge >= 0.3 is 0 Å². The number of carbonyl (C=O) groups is 1. The maximum Gasteiger partial charge on any atom is 0.256 e. The number of hydrogen-bond donors (Lipinski definition) is 1. The lowest BCUT2D eigenvalue weighted by molar-refractivity contribution is 0.102. The summed E-state index contributed by atoms with van der Waals surface area (Å²) in [5, 5.41) is 2.86. The van der Waals surface area contributed by atoms with E-state index in [1.165, 1.54) is 0 Å². The van der Waals surface area contributed by atoms with E-state index >= 15 is 0 Å². The van der Waals surface area contributed by atoms with E-state index in [1.54, 1.807) is 38.5 Å². The molecule has 0 spiro atoms. The molecule has 23 heavy (non-hydrogen) atoms. The molecule has 0 heterocycles. The van der Waals surface area contributed by atoms with Gasteiger partial charge in [0.05, 0.1) is 26.5 Å². The molecular weight excluding hydrogens is 294 g/mol. The van der Waals surface area contributed by atoms with Crippen LogP contribution in [0.15, 0.2) is 42.5 Å². The monoisotopic (exact) mass is 315 g/mol. The number of methoxy groups -OCH3 is 2. The molecule has 0 aliphatic rings. The molecule has 1 N–H and O–H groups in total. The molecule has 0 aliphatic carbocycles. The molecule has 0 atom stereocenters. The molecule has 0 bridgehead atoms. The summed E-state index contributed by atoms with van der Waals surface area (Å²) in [7, 11) is 3.09. The van der Waals surface area contributed by atoms with Gasteiger partial charge in [0, 0.05) is 11.6 Å². The molecule has 122 valence electrons. The molecule has 2 aromatic carbocycles. The van der Waals surface area contributed by atoms with Gasteiger partial charge in [-0.05, 0) is 30.7 Å². The van der Waals surface area contributed by atoms with Crippen molar-refractivity contribution in [3.8, 4) is 17.2 Å². The maximum absolute atomic E-state index is 12.5. The van der Waals surface area contributed by atoms with E-state index in [4.69, 9.17) is 14.2 Å². The van der Waals surface area contributed by atoms with E-state index in [2.05, 4.69) is 5.32 Å². The van der Waals surface area contributed by atoms with Gasteiger partial charge in [-0.25, -0.2) is 0 Å². The summed E-state index contributed by atoms with van der Waals surface area (Å²) in [4.78, 5) is 12.5. The summed E-state index contributed by atoms with van der Waals surface area (Å²) in [5.41, 5.74) is 1.08. The van der Waals surface area contributed by atoms with Crippen LogP contribution >= 0.6 is 0 Å².